The van der Waals surface area contributed by atoms with Crippen LogP contribution in [0.25, 0.3) is 5.69 Å². The number of hydrogen-bond acceptors (Lipinski definition) is 5. The summed E-state index contributed by atoms with van der Waals surface area (Å²) >= 11 is 5.24. The Balaban J connectivity index is 2.01. The molecule has 0 spiro atoms. The van der Waals surface area contributed by atoms with Gasteiger partial charge in [-0.25, -0.2) is 0 Å². The number of benzene rings is 1. The summed E-state index contributed by atoms with van der Waals surface area (Å²) in [7, 11) is 2.14. The molecule has 0 radical (unpaired) electrons. The van der Waals surface area contributed by atoms with Crippen LogP contribution in [-0.4, -0.2) is 59.1 Å². The number of aromatic hydroxyl groups is 1. The largest absolute Gasteiger partial charge is 0.494 e. The summed E-state index contributed by atoms with van der Waals surface area (Å²) in [4.78, 5) is 16.3. The number of piperazine rings is 1. The summed E-state index contributed by atoms with van der Waals surface area (Å²) in [6.45, 7) is 5.54. The molecule has 0 saturated carbocycles. The van der Waals surface area contributed by atoms with Crippen LogP contribution < -0.4 is 10.5 Å². The van der Waals surface area contributed by atoms with Crippen LogP contribution in [0.1, 0.15) is 11.1 Å². The van der Waals surface area contributed by atoms with Gasteiger partial charge in [0.05, 0.1) is 45.1 Å². The third-order valence-corrected chi connectivity index (χ3v) is 4.71. The highest BCUT2D eigenvalue weighted by Crippen LogP contribution is 2.21. The van der Waals surface area contributed by atoms with Crippen molar-refractivity contribution >= 4 is 18.4 Å². The Hall–Kier alpha value is -2.45. The minimum absolute atomic E-state index is 0.100. The standard InChI is InChI=1S/C17H21N5O2S/c1-12-5-3-4-6-14(12)22-16(24)13(15(23)19-17(22)25)11-18-21-9-7-20(2)8-10-21/h3-6,11,24H,7-10H2,1-2H3,(H,19,23,25)/p+1/b18-11+. The predicted octanol–water partition coefficient (Wildman–Crippen LogP) is 0.0733. The fourth-order valence-corrected chi connectivity index (χ4v) is 3.10. The molecule has 0 atom stereocenters. The number of aryl methyl sites for hydroxylation is 1. The van der Waals surface area contributed by atoms with Crippen molar-refractivity contribution in [3.8, 4) is 11.6 Å². The van der Waals surface area contributed by atoms with E-state index in [-0.39, 0.29) is 16.2 Å². The van der Waals surface area contributed by atoms with E-state index in [0.717, 1.165) is 37.4 Å². The van der Waals surface area contributed by atoms with Crippen LogP contribution in [0.3, 0.4) is 0 Å². The maximum atomic E-state index is 12.2. The van der Waals surface area contributed by atoms with Crippen molar-refractivity contribution in [3.63, 3.8) is 0 Å². The van der Waals surface area contributed by atoms with E-state index in [0.29, 0.717) is 0 Å². The van der Waals surface area contributed by atoms with Crippen molar-refractivity contribution in [3.05, 3.63) is 50.5 Å². The lowest BCUT2D eigenvalue weighted by molar-refractivity contribution is -0.884. The maximum absolute atomic E-state index is 12.2. The minimum Gasteiger partial charge on any atom is -0.494 e. The summed E-state index contributed by atoms with van der Waals surface area (Å²) in [6, 6.07) is 7.52. The average molecular weight is 360 g/mol. The first-order valence-corrected chi connectivity index (χ1v) is 8.62. The molecule has 7 nitrogen and oxygen atoms in total. The number of likely N-dealkylation sites (N-methyl/N-ethyl adjacent to an activating group) is 1. The first kappa shape index (κ1) is 17.4. The zero-order valence-electron chi connectivity index (χ0n) is 14.3. The van der Waals surface area contributed by atoms with Gasteiger partial charge in [0.15, 0.2) is 4.77 Å². The molecular formula is C17H22N5O2S+. The lowest BCUT2D eigenvalue weighted by Gasteiger charge is -2.27. The lowest BCUT2D eigenvalue weighted by Crippen LogP contribution is -3.11. The monoisotopic (exact) mass is 360 g/mol. The van der Waals surface area contributed by atoms with Crippen molar-refractivity contribution in [2.75, 3.05) is 33.2 Å². The van der Waals surface area contributed by atoms with Gasteiger partial charge >= 0.3 is 0 Å². The Bertz CT molecular complexity index is 910. The molecule has 0 bridgehead atoms. The molecule has 0 unspecified atom stereocenters. The van der Waals surface area contributed by atoms with Crippen molar-refractivity contribution in [1.29, 1.82) is 0 Å². The van der Waals surface area contributed by atoms with Crippen LogP contribution in [0.4, 0.5) is 0 Å². The zero-order chi connectivity index (χ0) is 18.0. The summed E-state index contributed by atoms with van der Waals surface area (Å²) < 4.78 is 1.61. The average Bonchev–Trinajstić information content (AvgIpc) is 2.57. The van der Waals surface area contributed by atoms with Crippen molar-refractivity contribution in [2.24, 2.45) is 5.10 Å². The molecule has 1 fully saturated rings. The summed E-state index contributed by atoms with van der Waals surface area (Å²) in [6.07, 6.45) is 1.42. The van der Waals surface area contributed by atoms with Gasteiger partial charge in [-0.1, -0.05) is 18.2 Å². The van der Waals surface area contributed by atoms with Gasteiger partial charge in [0.25, 0.3) is 5.56 Å². The van der Waals surface area contributed by atoms with Gasteiger partial charge in [-0.2, -0.15) is 5.10 Å². The highest BCUT2D eigenvalue weighted by atomic mass is 32.1. The van der Waals surface area contributed by atoms with E-state index in [9.17, 15) is 9.90 Å². The van der Waals surface area contributed by atoms with Gasteiger partial charge in [-0.3, -0.25) is 19.4 Å². The SMILES string of the molecule is Cc1ccccc1-n1c(O)c(/C=N/N2CC[NH+](C)CC2)c(=O)[nH]c1=S. The van der Waals surface area contributed by atoms with E-state index in [1.165, 1.54) is 15.7 Å². The molecule has 132 valence electrons. The van der Waals surface area contributed by atoms with Crippen LogP contribution in [0, 0.1) is 11.7 Å². The van der Waals surface area contributed by atoms with E-state index >= 15 is 0 Å². The highest BCUT2D eigenvalue weighted by Gasteiger charge is 2.16. The van der Waals surface area contributed by atoms with Gasteiger partial charge < -0.3 is 10.0 Å². The molecule has 1 aliphatic rings. The van der Waals surface area contributed by atoms with E-state index in [4.69, 9.17) is 12.2 Å². The second kappa shape index (κ2) is 7.20. The third-order valence-electron chi connectivity index (χ3n) is 4.42. The van der Waals surface area contributed by atoms with Crippen LogP contribution in [0.2, 0.25) is 0 Å². The Labute approximate surface area is 150 Å². The Kier molecular flexibility index (Phi) is 5.00. The molecule has 1 saturated heterocycles. The van der Waals surface area contributed by atoms with Gasteiger partial charge in [0.1, 0.15) is 5.56 Å². The van der Waals surface area contributed by atoms with Gasteiger partial charge in [0.2, 0.25) is 5.88 Å². The second-order valence-corrected chi connectivity index (χ2v) is 6.66. The number of para-hydroxylation sites is 1. The van der Waals surface area contributed by atoms with Crippen molar-refractivity contribution < 1.29 is 10.0 Å². The molecule has 25 heavy (non-hydrogen) atoms. The minimum atomic E-state index is -0.448. The predicted molar refractivity (Wildman–Crippen MR) is 99.4 cm³/mol. The van der Waals surface area contributed by atoms with Crippen molar-refractivity contribution in [1.82, 2.24) is 14.6 Å². The topological polar surface area (TPSA) is 78.1 Å². The normalized spacial score (nSPS) is 15.8. The number of quaternary nitrogens is 1. The number of H-pyrrole nitrogens is 1. The number of aromatic nitrogens is 2. The van der Waals surface area contributed by atoms with E-state index in [1.807, 2.05) is 36.2 Å². The summed E-state index contributed by atoms with van der Waals surface area (Å²) in [5, 5.41) is 16.9. The Morgan fingerprint density at radius 3 is 2.68 bits per heavy atom. The summed E-state index contributed by atoms with van der Waals surface area (Å²) in [5.74, 6) is -0.202. The van der Waals surface area contributed by atoms with Crippen LogP contribution >= 0.6 is 12.2 Å². The molecule has 0 aliphatic carbocycles. The van der Waals surface area contributed by atoms with Gasteiger partial charge in [-0.15, -0.1) is 0 Å². The zero-order valence-corrected chi connectivity index (χ0v) is 15.1. The Morgan fingerprint density at radius 2 is 2.00 bits per heavy atom. The van der Waals surface area contributed by atoms with Crippen molar-refractivity contribution in [2.45, 2.75) is 6.92 Å². The Morgan fingerprint density at radius 1 is 1.32 bits per heavy atom. The van der Waals surface area contributed by atoms with Crippen LogP contribution in [0.15, 0.2) is 34.2 Å². The number of nitrogens with zero attached hydrogens (tertiary/aromatic N) is 3. The van der Waals surface area contributed by atoms with Crippen LogP contribution in [0.5, 0.6) is 5.88 Å². The lowest BCUT2D eigenvalue weighted by atomic mass is 10.2. The molecule has 1 aromatic heterocycles. The molecule has 0 amide bonds. The second-order valence-electron chi connectivity index (χ2n) is 6.27. The number of hydrazone groups is 1. The maximum Gasteiger partial charge on any atom is 0.264 e. The highest BCUT2D eigenvalue weighted by molar-refractivity contribution is 7.71. The molecule has 8 heteroatoms. The fourth-order valence-electron chi connectivity index (χ4n) is 2.82. The quantitative estimate of drug-likeness (QED) is 0.535. The molecule has 1 aliphatic heterocycles. The van der Waals surface area contributed by atoms with Crippen LogP contribution in [-0.2, 0) is 0 Å². The van der Waals surface area contributed by atoms with E-state index in [2.05, 4.69) is 17.1 Å². The van der Waals surface area contributed by atoms with E-state index in [1.54, 1.807) is 0 Å². The molecule has 1 aromatic carbocycles. The summed E-state index contributed by atoms with van der Waals surface area (Å²) in [5.41, 5.74) is 1.31. The number of hydrogen-bond donors (Lipinski definition) is 3. The number of aromatic amines is 1. The number of nitrogens with one attached hydrogen (secondary N) is 2. The fraction of sp³-hybridized carbons (Fsp3) is 0.353. The molecule has 3 rings (SSSR count). The van der Waals surface area contributed by atoms with Gasteiger partial charge in [-0.05, 0) is 30.8 Å². The molecule has 2 heterocycles. The van der Waals surface area contributed by atoms with Gasteiger partial charge in [0, 0.05) is 0 Å². The van der Waals surface area contributed by atoms with E-state index < -0.39 is 5.56 Å². The molecule has 2 aromatic rings. The molecular weight excluding hydrogens is 338 g/mol. The smallest absolute Gasteiger partial charge is 0.264 e. The first-order valence-electron chi connectivity index (χ1n) is 8.22. The third kappa shape index (κ3) is 3.64. The number of rotatable bonds is 3. The molecule has 3 N–H and O–H groups in total. The first-order chi connectivity index (χ1) is 12.0.